The van der Waals surface area contributed by atoms with Gasteiger partial charge in [0.05, 0.1) is 18.4 Å². The third-order valence-electron chi connectivity index (χ3n) is 4.65. The van der Waals surface area contributed by atoms with E-state index in [0.29, 0.717) is 34.8 Å². The molecule has 0 bridgehead atoms. The van der Waals surface area contributed by atoms with Crippen molar-refractivity contribution in [3.05, 3.63) is 80.3 Å². The summed E-state index contributed by atoms with van der Waals surface area (Å²) in [6.45, 7) is -0.608. The van der Waals surface area contributed by atoms with Crippen molar-refractivity contribution in [2.75, 3.05) is 0 Å². The third-order valence-corrected chi connectivity index (χ3v) is 5.86. The van der Waals surface area contributed by atoms with Crippen LogP contribution < -0.4 is 4.74 Å². The van der Waals surface area contributed by atoms with E-state index < -0.39 is 12.7 Å². The molecule has 0 N–H and O–H groups in total. The van der Waals surface area contributed by atoms with E-state index in [0.717, 1.165) is 15.6 Å². The zero-order chi connectivity index (χ0) is 22.4. The molecular weight excluding hydrogens is 496 g/mol. The summed E-state index contributed by atoms with van der Waals surface area (Å²) >= 11 is 9.82. The Morgan fingerprint density at radius 1 is 1.32 bits per heavy atom. The van der Waals surface area contributed by atoms with Gasteiger partial charge in [0.25, 0.3) is 0 Å². The van der Waals surface area contributed by atoms with Gasteiger partial charge in [-0.2, -0.15) is 8.78 Å². The Bertz CT molecular complexity index is 1010. The number of ether oxygens (including phenoxy) is 3. The standard InChI is InChI=1S/C22H19BrClF2NO4/c1-13-15(3-2-4-18(13)23)12-30-21-7-20(16(10-28)6-19(21)24)29-11-14-5-17(9-27-8-14)31-22(25)26/h2-6,8-10,21-22H,7,11-12H2,1H3. The molecule has 1 aromatic heterocycles. The first-order valence-electron chi connectivity index (χ1n) is 9.30. The van der Waals surface area contributed by atoms with Crippen LogP contribution in [0.3, 0.4) is 0 Å². The van der Waals surface area contributed by atoms with E-state index in [1.807, 2.05) is 25.1 Å². The summed E-state index contributed by atoms with van der Waals surface area (Å²) in [5.74, 6) is 0.327. The molecule has 1 aromatic carbocycles. The van der Waals surface area contributed by atoms with Crippen LogP contribution in [0.15, 0.2) is 63.6 Å². The molecule has 1 aliphatic rings. The molecule has 164 valence electrons. The topological polar surface area (TPSA) is 57.6 Å². The van der Waals surface area contributed by atoms with Crippen LogP contribution in [-0.4, -0.2) is 24.0 Å². The molecule has 3 rings (SSSR count). The second-order valence-electron chi connectivity index (χ2n) is 6.75. The highest BCUT2D eigenvalue weighted by molar-refractivity contribution is 9.10. The summed E-state index contributed by atoms with van der Waals surface area (Å²) in [6, 6.07) is 7.24. The van der Waals surface area contributed by atoms with Crippen molar-refractivity contribution in [3.8, 4) is 5.75 Å². The van der Waals surface area contributed by atoms with Crippen molar-refractivity contribution in [3.63, 3.8) is 0 Å². The molecule has 0 aliphatic heterocycles. The summed E-state index contributed by atoms with van der Waals surface area (Å²) in [4.78, 5) is 15.3. The third kappa shape index (κ3) is 6.35. The normalized spacial score (nSPS) is 16.3. The monoisotopic (exact) mass is 513 g/mol. The molecule has 1 atom stereocenters. The van der Waals surface area contributed by atoms with E-state index >= 15 is 0 Å². The van der Waals surface area contributed by atoms with Crippen molar-refractivity contribution in [1.29, 1.82) is 0 Å². The Hall–Kier alpha value is -2.29. The average Bonchev–Trinajstić information content (AvgIpc) is 2.74. The fraction of sp³-hybridized carbons (Fsp3) is 0.273. The molecular formula is C22H19BrClF2NO4. The molecule has 1 unspecified atom stereocenters. The Kier molecular flexibility index (Phi) is 8.17. The second kappa shape index (κ2) is 10.8. The number of aromatic nitrogens is 1. The van der Waals surface area contributed by atoms with Gasteiger partial charge in [0.15, 0.2) is 6.29 Å². The van der Waals surface area contributed by atoms with Gasteiger partial charge in [0.1, 0.15) is 24.2 Å². The number of allylic oxidation sites excluding steroid dienone is 2. The minimum atomic E-state index is -2.94. The highest BCUT2D eigenvalue weighted by Crippen LogP contribution is 2.31. The maximum Gasteiger partial charge on any atom is 0.387 e. The smallest absolute Gasteiger partial charge is 0.387 e. The lowest BCUT2D eigenvalue weighted by Gasteiger charge is -2.24. The summed E-state index contributed by atoms with van der Waals surface area (Å²) < 4.78 is 41.9. The lowest BCUT2D eigenvalue weighted by Crippen LogP contribution is -2.20. The summed E-state index contributed by atoms with van der Waals surface area (Å²) in [7, 11) is 0. The second-order valence-corrected chi connectivity index (χ2v) is 8.04. The molecule has 2 aromatic rings. The van der Waals surface area contributed by atoms with Crippen LogP contribution >= 0.6 is 27.5 Å². The van der Waals surface area contributed by atoms with Crippen LogP contribution in [0.25, 0.3) is 0 Å². The van der Waals surface area contributed by atoms with Crippen molar-refractivity contribution in [2.45, 2.75) is 39.3 Å². The van der Waals surface area contributed by atoms with E-state index in [-0.39, 0.29) is 18.8 Å². The number of halogens is 4. The molecule has 0 saturated carbocycles. The predicted octanol–water partition coefficient (Wildman–Crippen LogP) is 5.84. The number of carbonyl (C=O) groups excluding carboxylic acids is 1. The van der Waals surface area contributed by atoms with Crippen LogP contribution in [0.1, 0.15) is 23.1 Å². The molecule has 0 spiro atoms. The first-order chi connectivity index (χ1) is 14.9. The summed E-state index contributed by atoms with van der Waals surface area (Å²) in [5.41, 5.74) is 2.89. The maximum absolute atomic E-state index is 12.4. The lowest BCUT2D eigenvalue weighted by atomic mass is 10.0. The van der Waals surface area contributed by atoms with Crippen LogP contribution in [0.2, 0.25) is 0 Å². The predicted molar refractivity (Wildman–Crippen MR) is 115 cm³/mol. The number of nitrogens with zero attached hydrogens (tertiary/aromatic N) is 1. The van der Waals surface area contributed by atoms with Gasteiger partial charge >= 0.3 is 6.61 Å². The van der Waals surface area contributed by atoms with Gasteiger partial charge in [-0.3, -0.25) is 9.78 Å². The van der Waals surface area contributed by atoms with Crippen LogP contribution in [0, 0.1) is 6.92 Å². The van der Waals surface area contributed by atoms with Crippen molar-refractivity contribution in [2.24, 2.45) is 0 Å². The quantitative estimate of drug-likeness (QED) is 0.394. The van der Waals surface area contributed by atoms with E-state index in [1.165, 1.54) is 24.5 Å². The minimum Gasteiger partial charge on any atom is -0.492 e. The molecule has 0 fully saturated rings. The van der Waals surface area contributed by atoms with Gasteiger partial charge in [0.2, 0.25) is 0 Å². The lowest BCUT2D eigenvalue weighted by molar-refractivity contribution is -0.105. The van der Waals surface area contributed by atoms with Gasteiger partial charge in [-0.15, -0.1) is 0 Å². The zero-order valence-electron chi connectivity index (χ0n) is 16.5. The Morgan fingerprint density at radius 3 is 2.87 bits per heavy atom. The first kappa shape index (κ1) is 23.4. The molecule has 9 heteroatoms. The highest BCUT2D eigenvalue weighted by Gasteiger charge is 2.25. The number of alkyl halides is 2. The average molecular weight is 515 g/mol. The zero-order valence-corrected chi connectivity index (χ0v) is 18.8. The van der Waals surface area contributed by atoms with Crippen LogP contribution in [0.4, 0.5) is 8.78 Å². The molecule has 0 radical (unpaired) electrons. The van der Waals surface area contributed by atoms with Gasteiger partial charge in [-0.05, 0) is 36.3 Å². The van der Waals surface area contributed by atoms with E-state index in [2.05, 4.69) is 25.7 Å². The maximum atomic E-state index is 12.4. The van der Waals surface area contributed by atoms with Crippen molar-refractivity contribution < 1.29 is 27.8 Å². The van der Waals surface area contributed by atoms with E-state index in [9.17, 15) is 13.6 Å². The summed E-state index contributed by atoms with van der Waals surface area (Å²) in [5, 5.41) is 0.399. The van der Waals surface area contributed by atoms with E-state index in [1.54, 1.807) is 0 Å². The van der Waals surface area contributed by atoms with Crippen molar-refractivity contribution in [1.82, 2.24) is 4.98 Å². The Labute approximate surface area is 191 Å². The first-order valence-corrected chi connectivity index (χ1v) is 10.5. The molecule has 1 aliphatic carbocycles. The van der Waals surface area contributed by atoms with Gasteiger partial charge < -0.3 is 14.2 Å². The molecule has 31 heavy (non-hydrogen) atoms. The fourth-order valence-electron chi connectivity index (χ4n) is 2.97. The highest BCUT2D eigenvalue weighted by atomic mass is 79.9. The molecule has 5 nitrogen and oxygen atoms in total. The van der Waals surface area contributed by atoms with Crippen LogP contribution in [0.5, 0.6) is 5.75 Å². The number of rotatable bonds is 9. The fourth-order valence-corrected chi connectivity index (χ4v) is 3.63. The van der Waals surface area contributed by atoms with Gasteiger partial charge in [0, 0.05) is 27.7 Å². The Morgan fingerprint density at radius 2 is 2.13 bits per heavy atom. The number of benzene rings is 1. The molecule has 0 amide bonds. The van der Waals surface area contributed by atoms with Crippen LogP contribution in [-0.2, 0) is 27.5 Å². The largest absolute Gasteiger partial charge is 0.492 e. The number of hydrogen-bond acceptors (Lipinski definition) is 5. The number of aldehydes is 1. The minimum absolute atomic E-state index is 0.0169. The number of hydrogen-bond donors (Lipinski definition) is 0. The molecule has 1 heterocycles. The number of pyridine rings is 1. The van der Waals surface area contributed by atoms with Gasteiger partial charge in [-0.1, -0.05) is 39.7 Å². The van der Waals surface area contributed by atoms with E-state index in [4.69, 9.17) is 21.1 Å². The molecule has 0 saturated heterocycles. The van der Waals surface area contributed by atoms with Gasteiger partial charge in [-0.25, -0.2) is 0 Å². The van der Waals surface area contributed by atoms with Crippen molar-refractivity contribution >= 4 is 33.8 Å². The number of carbonyl (C=O) groups is 1. The SMILES string of the molecule is Cc1c(Br)cccc1COC1CC(OCc2cncc(OC(F)F)c2)=C(C=O)C=C1Cl. The Balaban J connectivity index is 1.67. The summed E-state index contributed by atoms with van der Waals surface area (Å²) in [6.07, 6.45) is 4.60.